The van der Waals surface area contributed by atoms with Gasteiger partial charge in [0.05, 0.1) is 6.20 Å². The molecule has 0 aromatic carbocycles. The Balaban J connectivity index is 1.36. The lowest BCUT2D eigenvalue weighted by Crippen LogP contribution is -2.53. The number of aryl methyl sites for hydroxylation is 1. The number of aromatic nitrogens is 1. The molecule has 114 valence electrons. The van der Waals surface area contributed by atoms with Gasteiger partial charge < -0.3 is 9.73 Å². The van der Waals surface area contributed by atoms with Gasteiger partial charge in [0.1, 0.15) is 5.76 Å². The maximum absolute atomic E-state index is 12.7. The Kier molecular flexibility index (Phi) is 3.09. The van der Waals surface area contributed by atoms with E-state index in [1.807, 2.05) is 6.92 Å². The van der Waals surface area contributed by atoms with Gasteiger partial charge >= 0.3 is 0 Å². The van der Waals surface area contributed by atoms with Crippen LogP contribution < -0.4 is 5.32 Å². The standard InChI is InChI=1S/C17H24N2O2/c1-11-10-19-15(21-11)2-3-18-16(20)17-7-12-4-13(8-17)6-14(5-12)9-17/h10,12-14H,2-9H2,1H3,(H,18,20). The summed E-state index contributed by atoms with van der Waals surface area (Å²) in [6.07, 6.45) is 9.93. The summed E-state index contributed by atoms with van der Waals surface area (Å²) in [4.78, 5) is 16.9. The molecule has 4 saturated carbocycles. The molecule has 1 aromatic rings. The minimum atomic E-state index is -0.0404. The average molecular weight is 288 g/mol. The Morgan fingerprint density at radius 2 is 1.90 bits per heavy atom. The van der Waals surface area contributed by atoms with Gasteiger partial charge in [-0.15, -0.1) is 0 Å². The molecule has 4 bridgehead atoms. The summed E-state index contributed by atoms with van der Waals surface area (Å²) in [6, 6.07) is 0. The fraction of sp³-hybridized carbons (Fsp3) is 0.765. The lowest BCUT2D eigenvalue weighted by molar-refractivity contribution is -0.146. The number of carbonyl (C=O) groups is 1. The molecule has 4 heteroatoms. The van der Waals surface area contributed by atoms with Crippen molar-refractivity contribution in [1.82, 2.24) is 10.3 Å². The molecule has 0 atom stereocenters. The third-order valence-corrected chi connectivity index (χ3v) is 5.81. The van der Waals surface area contributed by atoms with Crippen molar-refractivity contribution in [2.24, 2.45) is 23.2 Å². The molecule has 5 rings (SSSR count). The van der Waals surface area contributed by atoms with E-state index in [2.05, 4.69) is 10.3 Å². The monoisotopic (exact) mass is 288 g/mol. The molecule has 0 spiro atoms. The second kappa shape index (κ2) is 4.85. The van der Waals surface area contributed by atoms with Crippen molar-refractivity contribution in [2.45, 2.75) is 51.9 Å². The molecule has 0 radical (unpaired) electrons. The summed E-state index contributed by atoms with van der Waals surface area (Å²) in [7, 11) is 0. The molecule has 4 aliphatic carbocycles. The number of rotatable bonds is 4. The van der Waals surface area contributed by atoms with Crippen LogP contribution in [0.1, 0.15) is 50.2 Å². The first-order chi connectivity index (χ1) is 10.1. The predicted octanol–water partition coefficient (Wildman–Crippen LogP) is 2.86. The number of oxazole rings is 1. The number of carbonyl (C=O) groups excluding carboxylic acids is 1. The zero-order chi connectivity index (χ0) is 14.4. The third kappa shape index (κ3) is 2.39. The Bertz CT molecular complexity index is 513. The summed E-state index contributed by atoms with van der Waals surface area (Å²) in [5.41, 5.74) is -0.0404. The molecule has 0 aliphatic heterocycles. The summed E-state index contributed by atoms with van der Waals surface area (Å²) in [5.74, 6) is 4.30. The SMILES string of the molecule is Cc1cnc(CCNC(=O)C23CC4CC(CC(C4)C2)C3)o1. The van der Waals surface area contributed by atoms with Gasteiger partial charge in [0, 0.05) is 18.4 Å². The smallest absolute Gasteiger partial charge is 0.226 e. The zero-order valence-electron chi connectivity index (χ0n) is 12.7. The van der Waals surface area contributed by atoms with E-state index in [1.54, 1.807) is 6.20 Å². The summed E-state index contributed by atoms with van der Waals surface area (Å²) >= 11 is 0. The van der Waals surface area contributed by atoms with E-state index < -0.39 is 0 Å². The van der Waals surface area contributed by atoms with Gasteiger partial charge in [-0.3, -0.25) is 4.79 Å². The lowest BCUT2D eigenvalue weighted by Gasteiger charge is -2.55. The predicted molar refractivity (Wildman–Crippen MR) is 78.6 cm³/mol. The Labute approximate surface area is 125 Å². The van der Waals surface area contributed by atoms with Crippen LogP contribution in [0, 0.1) is 30.1 Å². The van der Waals surface area contributed by atoms with Gasteiger partial charge in [0.25, 0.3) is 0 Å². The van der Waals surface area contributed by atoms with Crippen molar-refractivity contribution in [3.8, 4) is 0 Å². The first-order valence-corrected chi connectivity index (χ1v) is 8.32. The summed E-state index contributed by atoms with van der Waals surface area (Å²) < 4.78 is 5.45. The van der Waals surface area contributed by atoms with Gasteiger partial charge in [0.15, 0.2) is 5.89 Å². The van der Waals surface area contributed by atoms with Gasteiger partial charge in [-0.05, 0) is 63.2 Å². The fourth-order valence-corrected chi connectivity index (χ4v) is 5.38. The normalized spacial score (nSPS) is 36.9. The van der Waals surface area contributed by atoms with Gasteiger partial charge in [0.2, 0.25) is 5.91 Å². The van der Waals surface area contributed by atoms with Gasteiger partial charge in [-0.25, -0.2) is 4.98 Å². The van der Waals surface area contributed by atoms with Crippen LogP contribution >= 0.6 is 0 Å². The van der Waals surface area contributed by atoms with E-state index in [9.17, 15) is 4.79 Å². The van der Waals surface area contributed by atoms with Crippen LogP contribution in [0.15, 0.2) is 10.6 Å². The molecule has 4 aliphatic rings. The minimum Gasteiger partial charge on any atom is -0.446 e. The van der Waals surface area contributed by atoms with Crippen LogP contribution in [0.3, 0.4) is 0 Å². The number of nitrogens with zero attached hydrogens (tertiary/aromatic N) is 1. The van der Waals surface area contributed by atoms with Crippen LogP contribution in [0.2, 0.25) is 0 Å². The average Bonchev–Trinajstić information content (AvgIpc) is 2.83. The van der Waals surface area contributed by atoms with Crippen LogP contribution in [0.25, 0.3) is 0 Å². The molecule has 1 heterocycles. The van der Waals surface area contributed by atoms with Gasteiger partial charge in [-0.2, -0.15) is 0 Å². The first-order valence-electron chi connectivity index (χ1n) is 8.32. The third-order valence-electron chi connectivity index (χ3n) is 5.81. The number of hydrogen-bond donors (Lipinski definition) is 1. The number of nitrogens with one attached hydrogen (secondary N) is 1. The maximum Gasteiger partial charge on any atom is 0.226 e. The molecule has 0 unspecified atom stereocenters. The molecule has 1 aromatic heterocycles. The summed E-state index contributed by atoms with van der Waals surface area (Å²) in [5, 5.41) is 3.16. The van der Waals surface area contributed by atoms with Crippen LogP contribution in [-0.2, 0) is 11.2 Å². The van der Waals surface area contributed by atoms with Gasteiger partial charge in [-0.1, -0.05) is 0 Å². The topological polar surface area (TPSA) is 55.1 Å². The van der Waals surface area contributed by atoms with Crippen molar-refractivity contribution < 1.29 is 9.21 Å². The molecular formula is C17H24N2O2. The molecule has 4 nitrogen and oxygen atoms in total. The van der Waals surface area contributed by atoms with E-state index in [4.69, 9.17) is 4.42 Å². The molecule has 21 heavy (non-hydrogen) atoms. The van der Waals surface area contributed by atoms with Crippen LogP contribution in [-0.4, -0.2) is 17.4 Å². The highest BCUT2D eigenvalue weighted by Crippen LogP contribution is 2.60. The molecule has 4 fully saturated rings. The zero-order valence-corrected chi connectivity index (χ0v) is 12.7. The van der Waals surface area contributed by atoms with E-state index in [1.165, 1.54) is 19.3 Å². The van der Waals surface area contributed by atoms with Crippen LogP contribution in [0.5, 0.6) is 0 Å². The second-order valence-electron chi connectivity index (χ2n) is 7.57. The van der Waals surface area contributed by atoms with E-state index >= 15 is 0 Å². The van der Waals surface area contributed by atoms with E-state index in [0.29, 0.717) is 18.9 Å². The highest BCUT2D eigenvalue weighted by atomic mass is 16.4. The molecular weight excluding hydrogens is 264 g/mol. The Morgan fingerprint density at radius 3 is 2.43 bits per heavy atom. The van der Waals surface area contributed by atoms with Crippen molar-refractivity contribution in [3.05, 3.63) is 17.8 Å². The number of hydrogen-bond acceptors (Lipinski definition) is 3. The van der Waals surface area contributed by atoms with Crippen molar-refractivity contribution in [3.63, 3.8) is 0 Å². The first kappa shape index (κ1) is 13.4. The number of amides is 1. The molecule has 0 saturated heterocycles. The largest absolute Gasteiger partial charge is 0.446 e. The second-order valence-corrected chi connectivity index (χ2v) is 7.57. The van der Waals surface area contributed by atoms with Crippen molar-refractivity contribution in [1.29, 1.82) is 0 Å². The maximum atomic E-state index is 12.7. The van der Waals surface area contributed by atoms with E-state index in [0.717, 1.165) is 48.7 Å². The highest BCUT2D eigenvalue weighted by Gasteiger charge is 2.54. The highest BCUT2D eigenvalue weighted by molar-refractivity contribution is 5.83. The van der Waals surface area contributed by atoms with Crippen LogP contribution in [0.4, 0.5) is 0 Å². The van der Waals surface area contributed by atoms with Crippen molar-refractivity contribution >= 4 is 5.91 Å². The Morgan fingerprint density at radius 1 is 1.29 bits per heavy atom. The molecule has 1 N–H and O–H groups in total. The molecule has 1 amide bonds. The minimum absolute atomic E-state index is 0.0404. The van der Waals surface area contributed by atoms with E-state index in [-0.39, 0.29) is 5.41 Å². The summed E-state index contributed by atoms with van der Waals surface area (Å²) in [6.45, 7) is 2.53. The van der Waals surface area contributed by atoms with Crippen molar-refractivity contribution in [2.75, 3.05) is 6.54 Å². The Hall–Kier alpha value is -1.32. The lowest BCUT2D eigenvalue weighted by atomic mass is 9.49. The fourth-order valence-electron chi connectivity index (χ4n) is 5.38. The quantitative estimate of drug-likeness (QED) is 0.927.